The number of aromatic nitrogens is 1. The third kappa shape index (κ3) is 5.74. The molecule has 3 rings (SSSR count). The maximum atomic E-state index is 13.0. The van der Waals surface area contributed by atoms with Gasteiger partial charge in [0.25, 0.3) is 0 Å². The van der Waals surface area contributed by atoms with Gasteiger partial charge in [0.2, 0.25) is 9.84 Å². The van der Waals surface area contributed by atoms with Crippen LogP contribution in [0.25, 0.3) is 0 Å². The van der Waals surface area contributed by atoms with Crippen molar-refractivity contribution in [1.29, 1.82) is 0 Å². The third-order valence-corrected chi connectivity index (χ3v) is 6.09. The van der Waals surface area contributed by atoms with Gasteiger partial charge in [-0.15, -0.1) is 0 Å². The van der Waals surface area contributed by atoms with Gasteiger partial charge in [-0.25, -0.2) is 13.4 Å². The number of benzene rings is 2. The quantitative estimate of drug-likeness (QED) is 0.424. The summed E-state index contributed by atoms with van der Waals surface area (Å²) in [5, 5.41) is 2.56. The van der Waals surface area contributed by atoms with Crippen LogP contribution in [0.3, 0.4) is 0 Å². The van der Waals surface area contributed by atoms with Crippen LogP contribution in [0.2, 0.25) is 5.02 Å². The second kappa shape index (κ2) is 8.94. The number of halogens is 4. The third-order valence-electron chi connectivity index (χ3n) is 4.13. The van der Waals surface area contributed by atoms with E-state index in [0.717, 1.165) is 6.07 Å². The van der Waals surface area contributed by atoms with E-state index in [9.17, 15) is 21.6 Å². The number of guanidine groups is 1. The van der Waals surface area contributed by atoms with Gasteiger partial charge in [0, 0.05) is 23.1 Å². The summed E-state index contributed by atoms with van der Waals surface area (Å²) in [4.78, 5) is 7.34. The SMILES string of the molecule is NC(=NCc1ccc(S(=O)(=O)c2cc(Cl)cc(C(F)(F)F)c2)cc1)Nc1ccncc1. The van der Waals surface area contributed by atoms with Crippen molar-refractivity contribution in [2.24, 2.45) is 10.7 Å². The Morgan fingerprint density at radius 2 is 1.68 bits per heavy atom. The lowest BCUT2D eigenvalue weighted by Gasteiger charge is -2.11. The molecule has 0 aliphatic heterocycles. The Kier molecular flexibility index (Phi) is 6.51. The van der Waals surface area contributed by atoms with E-state index < -0.39 is 26.5 Å². The fourth-order valence-electron chi connectivity index (χ4n) is 2.59. The highest BCUT2D eigenvalue weighted by Crippen LogP contribution is 2.34. The maximum absolute atomic E-state index is 13.0. The van der Waals surface area contributed by atoms with Gasteiger partial charge in [-0.3, -0.25) is 4.98 Å². The smallest absolute Gasteiger partial charge is 0.370 e. The first-order valence-electron chi connectivity index (χ1n) is 8.74. The Morgan fingerprint density at radius 3 is 2.29 bits per heavy atom. The van der Waals surface area contributed by atoms with Crippen molar-refractivity contribution in [2.75, 3.05) is 5.32 Å². The van der Waals surface area contributed by atoms with E-state index in [-0.39, 0.29) is 22.4 Å². The van der Waals surface area contributed by atoms with Gasteiger partial charge >= 0.3 is 6.18 Å². The van der Waals surface area contributed by atoms with Gasteiger partial charge in [-0.05, 0) is 48.0 Å². The van der Waals surface area contributed by atoms with Crippen LogP contribution < -0.4 is 11.1 Å². The van der Waals surface area contributed by atoms with Crippen molar-refractivity contribution in [3.8, 4) is 0 Å². The lowest BCUT2D eigenvalue weighted by molar-refractivity contribution is -0.137. The van der Waals surface area contributed by atoms with Crippen molar-refractivity contribution in [2.45, 2.75) is 22.5 Å². The van der Waals surface area contributed by atoms with Gasteiger partial charge in [-0.2, -0.15) is 13.2 Å². The number of hydrogen-bond donors (Lipinski definition) is 2. The Bertz CT molecular complexity index is 1200. The van der Waals surface area contributed by atoms with Crippen LogP contribution in [0, 0.1) is 0 Å². The monoisotopic (exact) mass is 468 g/mol. The molecule has 0 aliphatic carbocycles. The average molecular weight is 469 g/mol. The number of sulfone groups is 1. The Morgan fingerprint density at radius 1 is 1.03 bits per heavy atom. The summed E-state index contributed by atoms with van der Waals surface area (Å²) in [6.07, 6.45) is -1.54. The molecular weight excluding hydrogens is 453 g/mol. The standard InChI is InChI=1S/C20H16ClF3N4O2S/c21-15-9-14(20(22,23)24)10-18(11-15)31(29,30)17-3-1-13(2-4-17)12-27-19(25)28-16-5-7-26-8-6-16/h1-11H,12H2,(H3,25,26,27,28). The van der Waals surface area contributed by atoms with E-state index in [0.29, 0.717) is 23.4 Å². The minimum Gasteiger partial charge on any atom is -0.370 e. The molecule has 162 valence electrons. The molecule has 3 N–H and O–H groups in total. The predicted octanol–water partition coefficient (Wildman–Crippen LogP) is 4.51. The minimum absolute atomic E-state index is 0.154. The van der Waals surface area contributed by atoms with Gasteiger partial charge < -0.3 is 11.1 Å². The summed E-state index contributed by atoms with van der Waals surface area (Å²) in [6.45, 7) is 0.166. The van der Waals surface area contributed by atoms with Crippen molar-refractivity contribution in [3.63, 3.8) is 0 Å². The van der Waals surface area contributed by atoms with Crippen molar-refractivity contribution in [1.82, 2.24) is 4.98 Å². The van der Waals surface area contributed by atoms with Crippen LogP contribution >= 0.6 is 11.6 Å². The number of nitrogens with two attached hydrogens (primary N) is 1. The number of nitrogens with zero attached hydrogens (tertiary/aromatic N) is 2. The second-order valence-electron chi connectivity index (χ2n) is 6.38. The highest BCUT2D eigenvalue weighted by atomic mass is 35.5. The average Bonchev–Trinajstić information content (AvgIpc) is 2.72. The van der Waals surface area contributed by atoms with E-state index in [2.05, 4.69) is 15.3 Å². The normalized spacial score (nSPS) is 12.6. The van der Waals surface area contributed by atoms with Crippen LogP contribution in [0.15, 0.2) is 81.8 Å². The summed E-state index contributed by atoms with van der Waals surface area (Å²) < 4.78 is 64.5. The number of rotatable bonds is 5. The Labute approximate surface area is 181 Å². The van der Waals surface area contributed by atoms with E-state index >= 15 is 0 Å². The molecule has 3 aromatic rings. The molecule has 1 heterocycles. The second-order valence-corrected chi connectivity index (χ2v) is 8.77. The fourth-order valence-corrected chi connectivity index (χ4v) is 4.22. The van der Waals surface area contributed by atoms with Gasteiger partial charge in [-0.1, -0.05) is 23.7 Å². The van der Waals surface area contributed by atoms with Crippen LogP contribution in [-0.2, 0) is 22.6 Å². The molecule has 0 unspecified atom stereocenters. The first-order chi connectivity index (χ1) is 14.6. The van der Waals surface area contributed by atoms with Crippen molar-refractivity contribution >= 4 is 33.1 Å². The zero-order chi connectivity index (χ0) is 22.6. The molecule has 0 saturated heterocycles. The molecule has 2 aromatic carbocycles. The van der Waals surface area contributed by atoms with E-state index in [4.69, 9.17) is 17.3 Å². The number of pyridine rings is 1. The summed E-state index contributed by atoms with van der Waals surface area (Å²) in [5.74, 6) is 0.154. The van der Waals surface area contributed by atoms with Crippen molar-refractivity contribution < 1.29 is 21.6 Å². The molecule has 1 aromatic heterocycles. The number of aliphatic imine (C=N–C) groups is 1. The lowest BCUT2D eigenvalue weighted by Crippen LogP contribution is -2.22. The molecule has 0 amide bonds. The largest absolute Gasteiger partial charge is 0.416 e. The van der Waals surface area contributed by atoms with E-state index in [1.807, 2.05) is 0 Å². The highest BCUT2D eigenvalue weighted by molar-refractivity contribution is 7.91. The van der Waals surface area contributed by atoms with Gasteiger partial charge in [0.15, 0.2) is 5.96 Å². The van der Waals surface area contributed by atoms with Crippen LogP contribution in [0.1, 0.15) is 11.1 Å². The number of hydrogen-bond acceptors (Lipinski definition) is 4. The first kappa shape index (κ1) is 22.6. The highest BCUT2D eigenvalue weighted by Gasteiger charge is 2.32. The number of nitrogens with one attached hydrogen (secondary N) is 1. The molecule has 0 radical (unpaired) electrons. The van der Waals surface area contributed by atoms with E-state index in [1.165, 1.54) is 24.3 Å². The maximum Gasteiger partial charge on any atom is 0.416 e. The molecule has 0 aliphatic rings. The molecule has 0 saturated carbocycles. The summed E-state index contributed by atoms with van der Waals surface area (Å²) in [6, 6.07) is 11.2. The number of alkyl halides is 3. The first-order valence-corrected chi connectivity index (χ1v) is 10.6. The zero-order valence-corrected chi connectivity index (χ0v) is 17.3. The molecule has 0 bridgehead atoms. The zero-order valence-electron chi connectivity index (χ0n) is 15.8. The molecule has 0 atom stereocenters. The molecule has 11 heteroatoms. The summed E-state index contributed by atoms with van der Waals surface area (Å²) >= 11 is 5.70. The van der Waals surface area contributed by atoms with Gasteiger partial charge in [0.05, 0.1) is 21.9 Å². The van der Waals surface area contributed by atoms with Crippen molar-refractivity contribution in [3.05, 3.63) is 83.1 Å². The molecule has 31 heavy (non-hydrogen) atoms. The Balaban J connectivity index is 1.78. The molecule has 6 nitrogen and oxygen atoms in total. The summed E-state index contributed by atoms with van der Waals surface area (Å²) in [7, 11) is -4.20. The van der Waals surface area contributed by atoms with Gasteiger partial charge in [0.1, 0.15) is 0 Å². The summed E-state index contributed by atoms with van der Waals surface area (Å²) in [5.41, 5.74) is 6.03. The van der Waals surface area contributed by atoms with E-state index in [1.54, 1.807) is 24.5 Å². The molecular formula is C20H16ClF3N4O2S. The van der Waals surface area contributed by atoms with Crippen LogP contribution in [-0.4, -0.2) is 19.4 Å². The lowest BCUT2D eigenvalue weighted by atomic mass is 10.2. The number of anilines is 1. The molecule has 0 fully saturated rings. The minimum atomic E-state index is -4.72. The van der Waals surface area contributed by atoms with Crippen LogP contribution in [0.5, 0.6) is 0 Å². The topological polar surface area (TPSA) is 97.4 Å². The Hall–Kier alpha value is -3.11. The fraction of sp³-hybridized carbons (Fsp3) is 0.100. The predicted molar refractivity (Wildman–Crippen MR) is 112 cm³/mol. The molecule has 0 spiro atoms. The van der Waals surface area contributed by atoms with Crippen LogP contribution in [0.4, 0.5) is 18.9 Å².